The molecule has 1 rings (SSSR count). The zero-order valence-electron chi connectivity index (χ0n) is 10.4. The first kappa shape index (κ1) is 13.9. The summed E-state index contributed by atoms with van der Waals surface area (Å²) in [5.74, 6) is 0.610. The lowest BCUT2D eigenvalue weighted by Gasteiger charge is -2.27. The number of hydrogen-bond donors (Lipinski definition) is 2. The van der Waals surface area contributed by atoms with Gasteiger partial charge in [0.25, 0.3) is 0 Å². The summed E-state index contributed by atoms with van der Waals surface area (Å²) in [6.45, 7) is 6.49. The number of nitrogens with two attached hydrogens (primary N) is 1. The molecule has 0 aliphatic carbocycles. The molecule has 3 N–H and O–H groups in total. The highest BCUT2D eigenvalue weighted by Crippen LogP contribution is 2.18. The Morgan fingerprint density at radius 2 is 2.12 bits per heavy atom. The Morgan fingerprint density at radius 3 is 2.69 bits per heavy atom. The Bertz CT molecular complexity index is 191. The van der Waals surface area contributed by atoms with Gasteiger partial charge in [-0.3, -0.25) is 0 Å². The number of rotatable bonds is 6. The highest BCUT2D eigenvalue weighted by atomic mass is 16.5. The summed E-state index contributed by atoms with van der Waals surface area (Å²) < 4.78 is 11.0. The zero-order chi connectivity index (χ0) is 12.0. The second kappa shape index (κ2) is 6.55. The SMILES string of the molecule is CC(CC(C)(O)CN)OCC1CCOCC1. The average molecular weight is 231 g/mol. The van der Waals surface area contributed by atoms with Crippen LogP contribution in [-0.2, 0) is 9.47 Å². The number of ether oxygens (including phenoxy) is 2. The lowest BCUT2D eigenvalue weighted by molar-refractivity contribution is -0.0421. The first-order valence-corrected chi connectivity index (χ1v) is 6.15. The van der Waals surface area contributed by atoms with Crippen molar-refractivity contribution < 1.29 is 14.6 Å². The van der Waals surface area contributed by atoms with E-state index in [-0.39, 0.29) is 12.6 Å². The fraction of sp³-hybridized carbons (Fsp3) is 1.00. The minimum absolute atomic E-state index is 0.0568. The Hall–Kier alpha value is -0.160. The van der Waals surface area contributed by atoms with Crippen molar-refractivity contribution in [1.29, 1.82) is 0 Å². The molecule has 4 nitrogen and oxygen atoms in total. The van der Waals surface area contributed by atoms with Crippen molar-refractivity contribution in [3.8, 4) is 0 Å². The maximum absolute atomic E-state index is 9.81. The number of aliphatic hydroxyl groups is 1. The third-order valence-corrected chi connectivity index (χ3v) is 3.12. The predicted molar refractivity (Wildman–Crippen MR) is 63.3 cm³/mol. The zero-order valence-corrected chi connectivity index (χ0v) is 10.4. The first-order chi connectivity index (χ1) is 7.53. The van der Waals surface area contributed by atoms with E-state index in [1.54, 1.807) is 6.92 Å². The molecule has 0 aromatic carbocycles. The quantitative estimate of drug-likeness (QED) is 0.713. The van der Waals surface area contributed by atoms with E-state index in [9.17, 15) is 5.11 Å². The number of hydrogen-bond acceptors (Lipinski definition) is 4. The van der Waals surface area contributed by atoms with Crippen molar-refractivity contribution in [1.82, 2.24) is 0 Å². The standard InChI is InChI=1S/C12H25NO3/c1-10(7-12(2,14)9-13)16-8-11-3-5-15-6-4-11/h10-11,14H,3-9,13H2,1-2H3. The minimum Gasteiger partial charge on any atom is -0.389 e. The monoisotopic (exact) mass is 231 g/mol. The summed E-state index contributed by atoms with van der Waals surface area (Å²) in [5, 5.41) is 9.81. The van der Waals surface area contributed by atoms with Gasteiger partial charge in [-0.15, -0.1) is 0 Å². The van der Waals surface area contributed by atoms with E-state index >= 15 is 0 Å². The van der Waals surface area contributed by atoms with Gasteiger partial charge in [0, 0.05) is 32.8 Å². The van der Waals surface area contributed by atoms with Gasteiger partial charge in [0.2, 0.25) is 0 Å². The van der Waals surface area contributed by atoms with Crippen molar-refractivity contribution in [2.45, 2.75) is 44.8 Å². The Morgan fingerprint density at radius 1 is 1.50 bits per heavy atom. The van der Waals surface area contributed by atoms with Crippen LogP contribution in [0.2, 0.25) is 0 Å². The third kappa shape index (κ3) is 5.25. The van der Waals surface area contributed by atoms with Gasteiger partial charge in [-0.1, -0.05) is 0 Å². The fourth-order valence-electron chi connectivity index (χ4n) is 1.97. The lowest BCUT2D eigenvalue weighted by Crippen LogP contribution is -2.38. The van der Waals surface area contributed by atoms with E-state index in [4.69, 9.17) is 15.2 Å². The molecule has 0 radical (unpaired) electrons. The molecule has 0 bridgehead atoms. The van der Waals surface area contributed by atoms with Crippen LogP contribution in [0.1, 0.15) is 33.1 Å². The molecule has 96 valence electrons. The summed E-state index contributed by atoms with van der Waals surface area (Å²) in [5.41, 5.74) is 4.66. The Kier molecular flexibility index (Phi) is 5.69. The Balaban J connectivity index is 2.16. The topological polar surface area (TPSA) is 64.7 Å². The van der Waals surface area contributed by atoms with Gasteiger partial charge in [0.1, 0.15) is 0 Å². The van der Waals surface area contributed by atoms with Crippen LogP contribution in [0.4, 0.5) is 0 Å². The van der Waals surface area contributed by atoms with Crippen LogP contribution in [0.15, 0.2) is 0 Å². The van der Waals surface area contributed by atoms with Crippen molar-refractivity contribution >= 4 is 0 Å². The van der Waals surface area contributed by atoms with Crippen molar-refractivity contribution in [2.75, 3.05) is 26.4 Å². The van der Waals surface area contributed by atoms with E-state index in [1.807, 2.05) is 6.92 Å². The molecule has 16 heavy (non-hydrogen) atoms. The molecule has 0 saturated carbocycles. The van der Waals surface area contributed by atoms with E-state index in [0.717, 1.165) is 32.7 Å². The lowest BCUT2D eigenvalue weighted by atomic mass is 9.98. The van der Waals surface area contributed by atoms with Gasteiger partial charge in [0.15, 0.2) is 0 Å². The van der Waals surface area contributed by atoms with Gasteiger partial charge in [-0.05, 0) is 32.6 Å². The second-order valence-corrected chi connectivity index (χ2v) is 5.10. The minimum atomic E-state index is -0.810. The molecule has 1 aliphatic heterocycles. The first-order valence-electron chi connectivity index (χ1n) is 6.15. The molecule has 1 fully saturated rings. The van der Waals surface area contributed by atoms with Crippen LogP contribution in [-0.4, -0.2) is 43.2 Å². The van der Waals surface area contributed by atoms with Crippen LogP contribution in [0.25, 0.3) is 0 Å². The molecular formula is C12H25NO3. The van der Waals surface area contributed by atoms with Crippen LogP contribution >= 0.6 is 0 Å². The van der Waals surface area contributed by atoms with E-state index in [0.29, 0.717) is 12.3 Å². The van der Waals surface area contributed by atoms with E-state index < -0.39 is 5.60 Å². The van der Waals surface area contributed by atoms with Crippen molar-refractivity contribution in [3.05, 3.63) is 0 Å². The third-order valence-electron chi connectivity index (χ3n) is 3.12. The smallest absolute Gasteiger partial charge is 0.0765 e. The van der Waals surface area contributed by atoms with Crippen molar-refractivity contribution in [2.24, 2.45) is 11.7 Å². The van der Waals surface area contributed by atoms with Gasteiger partial charge in [0.05, 0.1) is 11.7 Å². The Labute approximate surface area is 98.1 Å². The molecule has 1 saturated heterocycles. The van der Waals surface area contributed by atoms with Gasteiger partial charge < -0.3 is 20.3 Å². The van der Waals surface area contributed by atoms with Crippen LogP contribution in [0.5, 0.6) is 0 Å². The molecule has 1 aliphatic rings. The molecule has 2 unspecified atom stereocenters. The highest BCUT2D eigenvalue weighted by molar-refractivity contribution is 4.76. The molecule has 0 aromatic rings. The molecule has 0 amide bonds. The van der Waals surface area contributed by atoms with Gasteiger partial charge >= 0.3 is 0 Å². The summed E-state index contributed by atoms with van der Waals surface area (Å²) in [4.78, 5) is 0. The van der Waals surface area contributed by atoms with Crippen LogP contribution in [0, 0.1) is 5.92 Å². The van der Waals surface area contributed by atoms with Gasteiger partial charge in [-0.2, -0.15) is 0 Å². The summed E-state index contributed by atoms with van der Waals surface area (Å²) in [6, 6.07) is 0. The second-order valence-electron chi connectivity index (χ2n) is 5.10. The summed E-state index contributed by atoms with van der Waals surface area (Å²) in [6.07, 6.45) is 2.81. The summed E-state index contributed by atoms with van der Waals surface area (Å²) >= 11 is 0. The molecule has 0 aromatic heterocycles. The molecule has 2 atom stereocenters. The molecule has 1 heterocycles. The largest absolute Gasteiger partial charge is 0.389 e. The fourth-order valence-corrected chi connectivity index (χ4v) is 1.97. The van der Waals surface area contributed by atoms with Crippen LogP contribution in [0.3, 0.4) is 0 Å². The van der Waals surface area contributed by atoms with Crippen molar-refractivity contribution in [3.63, 3.8) is 0 Å². The summed E-state index contributed by atoms with van der Waals surface area (Å²) in [7, 11) is 0. The maximum Gasteiger partial charge on any atom is 0.0765 e. The van der Waals surface area contributed by atoms with E-state index in [1.165, 1.54) is 0 Å². The molecule has 0 spiro atoms. The molecular weight excluding hydrogens is 206 g/mol. The average Bonchev–Trinajstić information content (AvgIpc) is 2.27. The van der Waals surface area contributed by atoms with Gasteiger partial charge in [-0.25, -0.2) is 0 Å². The normalized spacial score (nSPS) is 24.0. The van der Waals surface area contributed by atoms with E-state index in [2.05, 4.69) is 0 Å². The molecule has 4 heteroatoms. The van der Waals surface area contributed by atoms with Crippen LogP contribution < -0.4 is 5.73 Å². The highest BCUT2D eigenvalue weighted by Gasteiger charge is 2.23. The predicted octanol–water partition coefficient (Wildman–Crippen LogP) is 0.918. The maximum atomic E-state index is 9.81.